The second-order valence-corrected chi connectivity index (χ2v) is 6.74. The maximum Gasteiger partial charge on any atom is 0.000142 e. The first-order valence-corrected chi connectivity index (χ1v) is 8.05. The van der Waals surface area contributed by atoms with Crippen molar-refractivity contribution in [2.75, 3.05) is 4.43 Å². The highest BCUT2D eigenvalue weighted by atomic mass is 127. The summed E-state index contributed by atoms with van der Waals surface area (Å²) >= 11 is 2.49. The fraction of sp³-hybridized carbons (Fsp3) is 0.412. The molecule has 1 aromatic rings. The number of hydrogen-bond donors (Lipinski definition) is 0. The van der Waals surface area contributed by atoms with Crippen LogP contribution in [0.1, 0.15) is 37.0 Å². The van der Waals surface area contributed by atoms with Crippen molar-refractivity contribution in [1.29, 1.82) is 0 Å². The van der Waals surface area contributed by atoms with Gasteiger partial charge in [-0.25, -0.2) is 0 Å². The van der Waals surface area contributed by atoms with Crippen molar-refractivity contribution >= 4 is 28.2 Å². The SMILES string of the molecule is C=C/C=C1/c2ccc(C)cc2C(C)(C)C1CCI. The molecule has 0 aromatic heterocycles. The monoisotopic (exact) mass is 352 g/mol. The van der Waals surface area contributed by atoms with E-state index in [2.05, 4.69) is 74.2 Å². The molecule has 0 bridgehead atoms. The van der Waals surface area contributed by atoms with Crippen molar-refractivity contribution in [3.05, 3.63) is 53.6 Å². The van der Waals surface area contributed by atoms with Gasteiger partial charge in [-0.1, -0.05) is 78.9 Å². The third-order valence-electron chi connectivity index (χ3n) is 4.12. The second kappa shape index (κ2) is 5.20. The van der Waals surface area contributed by atoms with Gasteiger partial charge in [0.25, 0.3) is 0 Å². The molecule has 1 aliphatic carbocycles. The van der Waals surface area contributed by atoms with Gasteiger partial charge in [0, 0.05) is 4.43 Å². The molecule has 0 spiro atoms. The summed E-state index contributed by atoms with van der Waals surface area (Å²) in [6, 6.07) is 6.87. The van der Waals surface area contributed by atoms with Gasteiger partial charge in [0.2, 0.25) is 0 Å². The molecule has 0 saturated heterocycles. The van der Waals surface area contributed by atoms with Crippen molar-refractivity contribution in [1.82, 2.24) is 0 Å². The first-order valence-electron chi connectivity index (χ1n) is 6.52. The Labute approximate surface area is 124 Å². The predicted octanol–water partition coefficient (Wildman–Crippen LogP) is 5.30. The van der Waals surface area contributed by atoms with Gasteiger partial charge in [-0.15, -0.1) is 0 Å². The molecule has 1 aromatic carbocycles. The van der Waals surface area contributed by atoms with Crippen molar-refractivity contribution < 1.29 is 0 Å². The molecule has 1 atom stereocenters. The van der Waals surface area contributed by atoms with Crippen molar-refractivity contribution in [2.24, 2.45) is 5.92 Å². The van der Waals surface area contributed by atoms with Crippen LogP contribution in [0.5, 0.6) is 0 Å². The smallest absolute Gasteiger partial charge is 0.000142 e. The molecule has 0 saturated carbocycles. The average Bonchev–Trinajstić information content (AvgIpc) is 2.52. The normalized spacial score (nSPS) is 23.1. The Bertz CT molecular complexity index is 494. The molecule has 0 heterocycles. The van der Waals surface area contributed by atoms with E-state index in [4.69, 9.17) is 0 Å². The van der Waals surface area contributed by atoms with E-state index in [1.807, 2.05) is 6.08 Å². The highest BCUT2D eigenvalue weighted by Gasteiger charge is 2.41. The number of halogens is 1. The Morgan fingerprint density at radius 1 is 1.39 bits per heavy atom. The second-order valence-electron chi connectivity index (χ2n) is 5.66. The van der Waals surface area contributed by atoms with E-state index in [1.165, 1.54) is 33.1 Å². The standard InChI is InChI=1S/C17H21I/c1-5-6-13-14-8-7-12(2)11-16(14)17(3,4)15(13)9-10-18/h5-8,11,15H,1,9-10H2,2-4H3/b13-6-. The van der Waals surface area contributed by atoms with Crippen molar-refractivity contribution in [3.63, 3.8) is 0 Å². The number of aryl methyl sites for hydroxylation is 1. The van der Waals surface area contributed by atoms with Gasteiger partial charge < -0.3 is 0 Å². The molecule has 18 heavy (non-hydrogen) atoms. The van der Waals surface area contributed by atoms with E-state index in [0.29, 0.717) is 5.92 Å². The summed E-state index contributed by atoms with van der Waals surface area (Å²) in [6.07, 6.45) is 5.38. The average molecular weight is 352 g/mol. The predicted molar refractivity (Wildman–Crippen MR) is 89.4 cm³/mol. The van der Waals surface area contributed by atoms with Gasteiger partial charge in [-0.05, 0) is 41.4 Å². The maximum absolute atomic E-state index is 3.88. The molecule has 1 unspecified atom stereocenters. The summed E-state index contributed by atoms with van der Waals surface area (Å²) in [6.45, 7) is 10.8. The molecule has 0 fully saturated rings. The van der Waals surface area contributed by atoms with Crippen molar-refractivity contribution in [3.8, 4) is 0 Å². The van der Waals surface area contributed by atoms with Crippen LogP contribution < -0.4 is 0 Å². The van der Waals surface area contributed by atoms with E-state index < -0.39 is 0 Å². The minimum absolute atomic E-state index is 0.237. The quantitative estimate of drug-likeness (QED) is 0.512. The molecule has 1 heteroatoms. The lowest BCUT2D eigenvalue weighted by Gasteiger charge is -2.28. The van der Waals surface area contributed by atoms with Gasteiger partial charge in [-0.3, -0.25) is 0 Å². The number of rotatable bonds is 3. The Hall–Kier alpha value is -0.570. The molecular weight excluding hydrogens is 331 g/mol. The third kappa shape index (κ3) is 2.18. The highest BCUT2D eigenvalue weighted by Crippen LogP contribution is 2.51. The number of benzene rings is 1. The van der Waals surface area contributed by atoms with E-state index in [1.54, 1.807) is 0 Å². The van der Waals surface area contributed by atoms with E-state index >= 15 is 0 Å². The zero-order valence-electron chi connectivity index (χ0n) is 11.5. The fourth-order valence-electron chi connectivity index (χ4n) is 3.17. The molecule has 1 aliphatic rings. The summed E-state index contributed by atoms with van der Waals surface area (Å²) in [7, 11) is 0. The zero-order chi connectivity index (χ0) is 13.3. The Kier molecular flexibility index (Phi) is 4.00. The first-order chi connectivity index (χ1) is 8.52. The summed E-state index contributed by atoms with van der Waals surface area (Å²) < 4.78 is 1.20. The number of fused-ring (bicyclic) bond motifs is 1. The molecular formula is C17H21I. The van der Waals surface area contributed by atoms with Crippen LogP contribution >= 0.6 is 22.6 Å². The Morgan fingerprint density at radius 3 is 2.72 bits per heavy atom. The van der Waals surface area contributed by atoms with Gasteiger partial charge in [0.05, 0.1) is 0 Å². The number of allylic oxidation sites excluding steroid dienone is 3. The van der Waals surface area contributed by atoms with Crippen LogP contribution in [0.3, 0.4) is 0 Å². The lowest BCUT2D eigenvalue weighted by molar-refractivity contribution is 0.407. The summed E-state index contributed by atoms with van der Waals surface area (Å²) in [5.74, 6) is 0.615. The number of hydrogen-bond acceptors (Lipinski definition) is 0. The maximum atomic E-state index is 3.88. The molecule has 0 amide bonds. The zero-order valence-corrected chi connectivity index (χ0v) is 13.6. The molecule has 2 rings (SSSR count). The van der Waals surface area contributed by atoms with E-state index in [-0.39, 0.29) is 5.41 Å². The molecule has 96 valence electrons. The van der Waals surface area contributed by atoms with E-state index in [0.717, 1.165) is 0 Å². The molecule has 0 aliphatic heterocycles. The van der Waals surface area contributed by atoms with Crippen LogP contribution in [-0.4, -0.2) is 4.43 Å². The van der Waals surface area contributed by atoms with Crippen LogP contribution in [0.4, 0.5) is 0 Å². The van der Waals surface area contributed by atoms with Gasteiger partial charge in [0.15, 0.2) is 0 Å². The first kappa shape index (κ1) is 13.9. The lowest BCUT2D eigenvalue weighted by atomic mass is 9.76. The van der Waals surface area contributed by atoms with Gasteiger partial charge >= 0.3 is 0 Å². The van der Waals surface area contributed by atoms with Crippen molar-refractivity contribution in [2.45, 2.75) is 32.6 Å². The van der Waals surface area contributed by atoms with Crippen LogP contribution in [-0.2, 0) is 5.41 Å². The van der Waals surface area contributed by atoms with Crippen LogP contribution in [0.25, 0.3) is 5.57 Å². The largest absolute Gasteiger partial charge is 0.0991 e. The minimum atomic E-state index is 0.237. The Morgan fingerprint density at radius 2 is 2.11 bits per heavy atom. The van der Waals surface area contributed by atoms with Gasteiger partial charge in [0.1, 0.15) is 0 Å². The highest BCUT2D eigenvalue weighted by molar-refractivity contribution is 14.1. The topological polar surface area (TPSA) is 0 Å². The van der Waals surface area contributed by atoms with E-state index in [9.17, 15) is 0 Å². The number of alkyl halides is 1. The summed E-state index contributed by atoms with van der Waals surface area (Å²) in [4.78, 5) is 0. The molecule has 0 N–H and O–H groups in total. The fourth-order valence-corrected chi connectivity index (χ4v) is 3.79. The summed E-state index contributed by atoms with van der Waals surface area (Å²) in [5.41, 5.74) is 6.00. The summed E-state index contributed by atoms with van der Waals surface area (Å²) in [5, 5.41) is 0. The molecule has 0 radical (unpaired) electrons. The lowest BCUT2D eigenvalue weighted by Crippen LogP contribution is -2.24. The van der Waals surface area contributed by atoms with Crippen LogP contribution in [0.2, 0.25) is 0 Å². The Balaban J connectivity index is 2.62. The minimum Gasteiger partial charge on any atom is -0.0991 e. The van der Waals surface area contributed by atoms with Crippen LogP contribution in [0, 0.1) is 12.8 Å². The van der Waals surface area contributed by atoms with Crippen LogP contribution in [0.15, 0.2) is 36.9 Å². The van der Waals surface area contributed by atoms with Gasteiger partial charge in [-0.2, -0.15) is 0 Å². The molecule has 0 nitrogen and oxygen atoms in total. The third-order valence-corrected chi connectivity index (χ3v) is 4.74.